The Morgan fingerprint density at radius 2 is 1.71 bits per heavy atom. The Morgan fingerprint density at radius 3 is 2.36 bits per heavy atom. The summed E-state index contributed by atoms with van der Waals surface area (Å²) in [5, 5.41) is 14.1. The topological polar surface area (TPSA) is 92.6 Å². The van der Waals surface area contributed by atoms with E-state index in [1.807, 2.05) is 0 Å². The van der Waals surface area contributed by atoms with Crippen LogP contribution in [0.2, 0.25) is 10.0 Å². The first kappa shape index (κ1) is 20.1. The maximum Gasteiger partial charge on any atom is 0.282 e. The molecule has 1 heterocycles. The highest BCUT2D eigenvalue weighted by molar-refractivity contribution is 6.34. The highest BCUT2D eigenvalue weighted by atomic mass is 35.5. The van der Waals surface area contributed by atoms with Gasteiger partial charge in [0, 0.05) is 29.9 Å². The average Bonchev–Trinajstić information content (AvgIpc) is 2.68. The summed E-state index contributed by atoms with van der Waals surface area (Å²) in [7, 11) is 0. The monoisotopic (exact) mass is 421 g/mol. The quantitative estimate of drug-likeness (QED) is 0.567. The summed E-state index contributed by atoms with van der Waals surface area (Å²) in [6.07, 6.45) is 3.05. The van der Waals surface area contributed by atoms with E-state index in [4.69, 9.17) is 23.2 Å². The molecule has 1 N–H and O–H groups in total. The highest BCUT2D eigenvalue weighted by Gasteiger charge is 2.23. The Hall–Kier alpha value is -2.64. The van der Waals surface area contributed by atoms with E-state index in [0.717, 1.165) is 19.3 Å². The van der Waals surface area contributed by atoms with Crippen molar-refractivity contribution >= 4 is 46.4 Å². The van der Waals surface area contributed by atoms with E-state index in [0.29, 0.717) is 24.3 Å². The summed E-state index contributed by atoms with van der Waals surface area (Å²) in [6, 6.07) is 8.27. The molecule has 7 nitrogen and oxygen atoms in total. The zero-order valence-corrected chi connectivity index (χ0v) is 16.3. The second-order valence-electron chi connectivity index (χ2n) is 6.42. The Morgan fingerprint density at radius 1 is 1.00 bits per heavy atom. The van der Waals surface area contributed by atoms with Gasteiger partial charge in [-0.15, -0.1) is 0 Å². The Labute approximate surface area is 171 Å². The molecule has 2 aromatic carbocycles. The van der Waals surface area contributed by atoms with E-state index in [2.05, 4.69) is 5.32 Å². The third-order valence-electron chi connectivity index (χ3n) is 4.50. The van der Waals surface area contributed by atoms with Gasteiger partial charge in [-0.1, -0.05) is 23.2 Å². The van der Waals surface area contributed by atoms with Crippen molar-refractivity contribution in [2.75, 3.05) is 18.4 Å². The van der Waals surface area contributed by atoms with Gasteiger partial charge in [0.1, 0.15) is 5.56 Å². The van der Waals surface area contributed by atoms with Crippen molar-refractivity contribution < 1.29 is 14.5 Å². The first-order valence-electron chi connectivity index (χ1n) is 8.71. The lowest BCUT2D eigenvalue weighted by Gasteiger charge is -2.27. The van der Waals surface area contributed by atoms with Gasteiger partial charge in [0.05, 0.1) is 15.5 Å². The number of carbonyl (C=O) groups excluding carboxylic acids is 2. The van der Waals surface area contributed by atoms with Crippen LogP contribution in [-0.4, -0.2) is 34.7 Å². The van der Waals surface area contributed by atoms with E-state index in [9.17, 15) is 19.7 Å². The second kappa shape index (κ2) is 8.58. The maximum atomic E-state index is 12.6. The molecule has 2 amide bonds. The van der Waals surface area contributed by atoms with Gasteiger partial charge in [-0.3, -0.25) is 19.7 Å². The average molecular weight is 422 g/mol. The van der Waals surface area contributed by atoms with Gasteiger partial charge >= 0.3 is 0 Å². The number of nitro groups is 1. The molecular weight excluding hydrogens is 405 g/mol. The predicted octanol–water partition coefficient (Wildman–Crippen LogP) is 4.78. The van der Waals surface area contributed by atoms with Crippen LogP contribution in [0.4, 0.5) is 11.4 Å². The number of hydrogen-bond donors (Lipinski definition) is 1. The molecule has 1 fully saturated rings. The molecule has 9 heteroatoms. The Kier molecular flexibility index (Phi) is 6.16. The van der Waals surface area contributed by atoms with E-state index in [1.165, 1.54) is 30.3 Å². The smallest absolute Gasteiger partial charge is 0.282 e. The number of halogens is 2. The van der Waals surface area contributed by atoms with E-state index in [-0.39, 0.29) is 27.2 Å². The van der Waals surface area contributed by atoms with E-state index in [1.54, 1.807) is 11.0 Å². The zero-order valence-electron chi connectivity index (χ0n) is 14.8. The molecule has 0 atom stereocenters. The van der Waals surface area contributed by atoms with Gasteiger partial charge in [-0.25, -0.2) is 0 Å². The van der Waals surface area contributed by atoms with Gasteiger partial charge in [-0.2, -0.15) is 0 Å². The summed E-state index contributed by atoms with van der Waals surface area (Å²) in [5.74, 6) is -0.839. The predicted molar refractivity (Wildman–Crippen MR) is 107 cm³/mol. The zero-order chi connectivity index (χ0) is 20.3. The fourth-order valence-electron chi connectivity index (χ4n) is 3.08. The fraction of sp³-hybridized carbons (Fsp3) is 0.263. The summed E-state index contributed by atoms with van der Waals surface area (Å²) >= 11 is 12.1. The first-order chi connectivity index (χ1) is 13.4. The molecule has 0 aromatic heterocycles. The number of piperidine rings is 1. The van der Waals surface area contributed by atoms with Crippen molar-refractivity contribution in [2.45, 2.75) is 19.3 Å². The molecule has 0 bridgehead atoms. The maximum absolute atomic E-state index is 12.6. The van der Waals surface area contributed by atoms with Crippen molar-refractivity contribution in [1.82, 2.24) is 4.90 Å². The number of carbonyl (C=O) groups is 2. The minimum Gasteiger partial charge on any atom is -0.339 e. The highest BCUT2D eigenvalue weighted by Crippen LogP contribution is 2.26. The largest absolute Gasteiger partial charge is 0.339 e. The van der Waals surface area contributed by atoms with Crippen LogP contribution >= 0.6 is 23.2 Å². The van der Waals surface area contributed by atoms with Crippen LogP contribution in [0.15, 0.2) is 36.4 Å². The molecule has 0 radical (unpaired) electrons. The summed E-state index contributed by atoms with van der Waals surface area (Å²) in [5.41, 5.74) is 0.154. The van der Waals surface area contributed by atoms with E-state index < -0.39 is 10.8 Å². The number of amides is 2. The summed E-state index contributed by atoms with van der Waals surface area (Å²) in [4.78, 5) is 37.3. The molecule has 1 aliphatic heterocycles. The fourth-order valence-corrected chi connectivity index (χ4v) is 3.51. The van der Waals surface area contributed by atoms with Crippen LogP contribution in [0.5, 0.6) is 0 Å². The van der Waals surface area contributed by atoms with Gasteiger partial charge in [0.2, 0.25) is 0 Å². The van der Waals surface area contributed by atoms with Crippen LogP contribution in [0.1, 0.15) is 40.0 Å². The Bertz CT molecular complexity index is 943. The van der Waals surface area contributed by atoms with Gasteiger partial charge in [0.15, 0.2) is 0 Å². The lowest BCUT2D eigenvalue weighted by Crippen LogP contribution is -2.35. The van der Waals surface area contributed by atoms with Crippen LogP contribution in [0, 0.1) is 10.1 Å². The molecule has 28 heavy (non-hydrogen) atoms. The van der Waals surface area contributed by atoms with Crippen LogP contribution < -0.4 is 5.32 Å². The number of nitro benzene ring substituents is 1. The molecule has 0 spiro atoms. The number of anilines is 1. The number of nitrogens with one attached hydrogen (secondary N) is 1. The molecule has 146 valence electrons. The molecule has 0 unspecified atom stereocenters. The minimum atomic E-state index is -0.694. The molecule has 1 saturated heterocycles. The summed E-state index contributed by atoms with van der Waals surface area (Å²) in [6.45, 7) is 1.40. The minimum absolute atomic E-state index is 0.145. The first-order valence-corrected chi connectivity index (χ1v) is 9.46. The van der Waals surface area contributed by atoms with Crippen molar-refractivity contribution in [3.63, 3.8) is 0 Å². The molecule has 0 aliphatic carbocycles. The summed E-state index contributed by atoms with van der Waals surface area (Å²) < 4.78 is 0. The normalized spacial score (nSPS) is 13.9. The SMILES string of the molecule is O=C(Nc1ccc(C(=O)N2CCCCC2)c(Cl)c1)c1cc(Cl)ccc1[N+](=O)[O-]. The van der Waals surface area contributed by atoms with Gasteiger partial charge in [0.25, 0.3) is 17.5 Å². The van der Waals surface area contributed by atoms with Crippen molar-refractivity contribution in [3.05, 3.63) is 67.7 Å². The van der Waals surface area contributed by atoms with Crippen LogP contribution in [0.3, 0.4) is 0 Å². The molecular formula is C19H17Cl2N3O4. The molecule has 2 aromatic rings. The van der Waals surface area contributed by atoms with Crippen molar-refractivity contribution in [2.24, 2.45) is 0 Å². The lowest BCUT2D eigenvalue weighted by atomic mass is 10.1. The number of likely N-dealkylation sites (tertiary alicyclic amines) is 1. The molecule has 3 rings (SSSR count). The Balaban J connectivity index is 1.79. The third-order valence-corrected chi connectivity index (χ3v) is 5.05. The number of nitrogens with zero attached hydrogens (tertiary/aromatic N) is 2. The standard InChI is InChI=1S/C19H17Cl2N3O4/c20-12-4-7-17(24(27)28)15(10-12)18(25)22-13-5-6-14(16(21)11-13)19(26)23-8-2-1-3-9-23/h4-7,10-11H,1-3,8-9H2,(H,22,25). The second-order valence-corrected chi connectivity index (χ2v) is 7.26. The third kappa shape index (κ3) is 4.43. The van der Waals surface area contributed by atoms with Crippen LogP contribution in [0.25, 0.3) is 0 Å². The van der Waals surface area contributed by atoms with Crippen molar-refractivity contribution in [1.29, 1.82) is 0 Å². The number of rotatable bonds is 4. The number of hydrogen-bond acceptors (Lipinski definition) is 4. The molecule has 0 saturated carbocycles. The van der Waals surface area contributed by atoms with Crippen LogP contribution in [-0.2, 0) is 0 Å². The van der Waals surface area contributed by atoms with Gasteiger partial charge < -0.3 is 10.2 Å². The van der Waals surface area contributed by atoms with E-state index >= 15 is 0 Å². The number of benzene rings is 2. The lowest BCUT2D eigenvalue weighted by molar-refractivity contribution is -0.385. The van der Waals surface area contributed by atoms with Gasteiger partial charge in [-0.05, 0) is 49.6 Å². The molecule has 1 aliphatic rings. The van der Waals surface area contributed by atoms with Crippen molar-refractivity contribution in [3.8, 4) is 0 Å².